The van der Waals surface area contributed by atoms with Crippen molar-refractivity contribution in [1.29, 1.82) is 0 Å². The predicted octanol–water partition coefficient (Wildman–Crippen LogP) is 3.23. The lowest BCUT2D eigenvalue weighted by Crippen LogP contribution is -2.39. The topological polar surface area (TPSA) is 41.8 Å². The lowest BCUT2D eigenvalue weighted by molar-refractivity contribution is 0.192. The number of nitrogens with one attached hydrogen (secondary N) is 1. The van der Waals surface area contributed by atoms with Crippen LogP contribution in [0, 0.1) is 0 Å². The molecule has 0 aliphatic carbocycles. The van der Waals surface area contributed by atoms with Crippen molar-refractivity contribution in [2.24, 2.45) is 12.0 Å². The fourth-order valence-corrected chi connectivity index (χ4v) is 2.75. The van der Waals surface area contributed by atoms with E-state index in [1.165, 1.54) is 12.1 Å². The van der Waals surface area contributed by atoms with Crippen LogP contribution in [0.3, 0.4) is 0 Å². The summed E-state index contributed by atoms with van der Waals surface area (Å²) in [5.41, 5.74) is 1.24. The number of aromatic nitrogens is 1. The van der Waals surface area contributed by atoms with Crippen molar-refractivity contribution in [2.75, 3.05) is 34.4 Å². The zero-order valence-electron chi connectivity index (χ0n) is 13.9. The summed E-state index contributed by atoms with van der Waals surface area (Å²) < 4.78 is 8.28. The molecule has 1 rings (SSSR count). The Morgan fingerprint density at radius 3 is 2.68 bits per heavy atom. The molecule has 0 radical (unpaired) electrons. The van der Waals surface area contributed by atoms with Crippen LogP contribution in [0.4, 0.5) is 0 Å². The summed E-state index contributed by atoms with van der Waals surface area (Å²) >= 11 is 3.50. The van der Waals surface area contributed by atoms with E-state index in [4.69, 9.17) is 4.74 Å². The van der Waals surface area contributed by atoms with Crippen molar-refractivity contribution in [3.05, 3.63) is 22.4 Å². The highest BCUT2D eigenvalue weighted by Gasteiger charge is 2.09. The molecule has 128 valence electrons. The standard InChI is InChI=1S/C15H27BrN4O.HI/c1-17-15(18-8-6-5-7-9-21-4)20(3)12-14-10-13(16)11-19(14)2;/h10-11H,5-9,12H2,1-4H3,(H,17,18);1H. The maximum absolute atomic E-state index is 5.05. The van der Waals surface area contributed by atoms with Gasteiger partial charge in [-0.2, -0.15) is 0 Å². The Balaban J connectivity index is 0.00000441. The molecule has 0 aliphatic rings. The number of unbranched alkanes of at least 4 members (excludes halogenated alkanes) is 2. The Morgan fingerprint density at radius 1 is 1.41 bits per heavy atom. The molecule has 1 heterocycles. The molecule has 1 aromatic heterocycles. The van der Waals surface area contributed by atoms with Crippen molar-refractivity contribution in [1.82, 2.24) is 14.8 Å². The van der Waals surface area contributed by atoms with Crippen LogP contribution < -0.4 is 5.32 Å². The molecule has 0 spiro atoms. The van der Waals surface area contributed by atoms with E-state index in [9.17, 15) is 0 Å². The third kappa shape index (κ3) is 7.82. The zero-order chi connectivity index (χ0) is 15.7. The molecule has 0 saturated heterocycles. The fourth-order valence-electron chi connectivity index (χ4n) is 2.17. The lowest BCUT2D eigenvalue weighted by Gasteiger charge is -2.22. The third-order valence-electron chi connectivity index (χ3n) is 3.36. The Hall–Kier alpha value is -0.280. The van der Waals surface area contributed by atoms with Gasteiger partial charge in [-0.25, -0.2) is 0 Å². The van der Waals surface area contributed by atoms with Gasteiger partial charge in [0.2, 0.25) is 0 Å². The lowest BCUT2D eigenvalue weighted by atomic mass is 10.2. The SMILES string of the molecule is CN=C(NCCCCCOC)N(C)Cc1cc(Br)cn1C.I. The Bertz CT molecular complexity index is 451. The van der Waals surface area contributed by atoms with E-state index in [0.29, 0.717) is 0 Å². The summed E-state index contributed by atoms with van der Waals surface area (Å²) in [4.78, 5) is 6.48. The van der Waals surface area contributed by atoms with E-state index in [-0.39, 0.29) is 24.0 Å². The number of nitrogens with zero attached hydrogens (tertiary/aromatic N) is 3. The molecular formula is C15H28BrIN4O. The Kier molecular flexibility index (Phi) is 12.0. The van der Waals surface area contributed by atoms with Crippen molar-refractivity contribution in [3.63, 3.8) is 0 Å². The summed E-state index contributed by atoms with van der Waals surface area (Å²) in [7, 11) is 7.68. The van der Waals surface area contributed by atoms with Crippen LogP contribution in [-0.2, 0) is 18.3 Å². The molecule has 0 aromatic carbocycles. The average Bonchev–Trinajstić information content (AvgIpc) is 2.76. The number of hydrogen-bond donors (Lipinski definition) is 1. The quantitative estimate of drug-likeness (QED) is 0.265. The largest absolute Gasteiger partial charge is 0.385 e. The van der Waals surface area contributed by atoms with E-state index in [2.05, 4.69) is 62.1 Å². The number of aryl methyl sites for hydroxylation is 1. The first-order chi connectivity index (χ1) is 10.1. The van der Waals surface area contributed by atoms with Gasteiger partial charge >= 0.3 is 0 Å². The Morgan fingerprint density at radius 2 is 2.14 bits per heavy atom. The highest BCUT2D eigenvalue weighted by atomic mass is 127. The van der Waals surface area contributed by atoms with Gasteiger partial charge in [0.25, 0.3) is 0 Å². The van der Waals surface area contributed by atoms with Crippen LogP contribution in [0.5, 0.6) is 0 Å². The van der Waals surface area contributed by atoms with E-state index >= 15 is 0 Å². The third-order valence-corrected chi connectivity index (χ3v) is 3.79. The van der Waals surface area contributed by atoms with Gasteiger partial charge in [-0.1, -0.05) is 0 Å². The smallest absolute Gasteiger partial charge is 0.193 e. The molecule has 0 saturated carbocycles. The fraction of sp³-hybridized carbons (Fsp3) is 0.667. The van der Waals surface area contributed by atoms with Crippen molar-refractivity contribution in [2.45, 2.75) is 25.8 Å². The van der Waals surface area contributed by atoms with Gasteiger partial charge in [0.1, 0.15) is 0 Å². The van der Waals surface area contributed by atoms with Crippen molar-refractivity contribution in [3.8, 4) is 0 Å². The number of aliphatic imine (C=N–C) groups is 1. The summed E-state index contributed by atoms with van der Waals surface area (Å²) in [6.07, 6.45) is 5.48. The Labute approximate surface area is 159 Å². The minimum Gasteiger partial charge on any atom is -0.385 e. The van der Waals surface area contributed by atoms with Gasteiger partial charge in [-0.3, -0.25) is 4.99 Å². The maximum atomic E-state index is 5.05. The van der Waals surface area contributed by atoms with Gasteiger partial charge in [0.05, 0.1) is 6.54 Å². The maximum Gasteiger partial charge on any atom is 0.193 e. The predicted molar refractivity (Wildman–Crippen MR) is 107 cm³/mol. The van der Waals surface area contributed by atoms with Gasteiger partial charge in [0.15, 0.2) is 5.96 Å². The van der Waals surface area contributed by atoms with Crippen molar-refractivity contribution >= 4 is 45.9 Å². The van der Waals surface area contributed by atoms with Crippen LogP contribution in [0.25, 0.3) is 0 Å². The van der Waals surface area contributed by atoms with Gasteiger partial charge in [-0.15, -0.1) is 24.0 Å². The molecule has 7 heteroatoms. The number of rotatable bonds is 8. The van der Waals surface area contributed by atoms with Crippen LogP contribution in [0.15, 0.2) is 21.7 Å². The van der Waals surface area contributed by atoms with Gasteiger partial charge < -0.3 is 19.5 Å². The highest BCUT2D eigenvalue weighted by Crippen LogP contribution is 2.14. The second-order valence-electron chi connectivity index (χ2n) is 5.14. The molecule has 0 aliphatic heterocycles. The van der Waals surface area contributed by atoms with E-state index in [1.54, 1.807) is 7.11 Å². The summed E-state index contributed by atoms with van der Waals surface area (Å²) in [6.45, 7) is 2.61. The second-order valence-corrected chi connectivity index (χ2v) is 6.06. The second kappa shape index (κ2) is 12.2. The van der Waals surface area contributed by atoms with Gasteiger partial charge in [-0.05, 0) is 41.3 Å². The minimum atomic E-state index is 0. The summed E-state index contributed by atoms with van der Waals surface area (Å²) in [5.74, 6) is 0.930. The average molecular weight is 487 g/mol. The zero-order valence-corrected chi connectivity index (χ0v) is 17.8. The number of halogens is 2. The van der Waals surface area contributed by atoms with Crippen LogP contribution in [0.1, 0.15) is 25.0 Å². The van der Waals surface area contributed by atoms with Crippen molar-refractivity contribution < 1.29 is 4.74 Å². The summed E-state index contributed by atoms with van der Waals surface area (Å²) in [6, 6.07) is 2.13. The van der Waals surface area contributed by atoms with Crippen LogP contribution in [0.2, 0.25) is 0 Å². The number of methoxy groups -OCH3 is 1. The molecule has 0 amide bonds. The molecule has 0 atom stereocenters. The molecule has 1 N–H and O–H groups in total. The van der Waals surface area contributed by atoms with Crippen LogP contribution >= 0.6 is 39.9 Å². The summed E-state index contributed by atoms with van der Waals surface area (Å²) in [5, 5.41) is 3.41. The van der Waals surface area contributed by atoms with E-state index in [0.717, 1.165) is 43.0 Å². The van der Waals surface area contributed by atoms with Crippen LogP contribution in [-0.4, -0.2) is 49.8 Å². The molecule has 0 bridgehead atoms. The van der Waals surface area contributed by atoms with E-state index in [1.807, 2.05) is 7.05 Å². The minimum absolute atomic E-state index is 0. The van der Waals surface area contributed by atoms with E-state index < -0.39 is 0 Å². The molecule has 5 nitrogen and oxygen atoms in total. The number of guanidine groups is 1. The molecule has 1 aromatic rings. The monoisotopic (exact) mass is 486 g/mol. The highest BCUT2D eigenvalue weighted by molar-refractivity contribution is 14.0. The normalized spacial score (nSPS) is 11.2. The first-order valence-corrected chi connectivity index (χ1v) is 8.09. The first kappa shape index (κ1) is 21.7. The number of ether oxygens (including phenoxy) is 1. The first-order valence-electron chi connectivity index (χ1n) is 7.30. The molecule has 22 heavy (non-hydrogen) atoms. The van der Waals surface area contributed by atoms with Gasteiger partial charge in [0, 0.05) is 57.8 Å². The molecule has 0 unspecified atom stereocenters. The number of hydrogen-bond acceptors (Lipinski definition) is 2. The molecule has 0 fully saturated rings. The molecular weight excluding hydrogens is 459 g/mol.